The molecule has 0 atom stereocenters. The molecule has 1 aromatic carbocycles. The molecule has 1 aliphatic heterocycles. The van der Waals surface area contributed by atoms with Crippen molar-refractivity contribution in [2.75, 3.05) is 12.2 Å². The zero-order chi connectivity index (χ0) is 14.8. The zero-order valence-corrected chi connectivity index (χ0v) is 13.1. The number of rotatable bonds is 3. The molecule has 0 saturated heterocycles. The van der Waals surface area contributed by atoms with E-state index < -0.39 is 0 Å². The van der Waals surface area contributed by atoms with Crippen molar-refractivity contribution in [2.24, 2.45) is 5.10 Å². The summed E-state index contributed by atoms with van der Waals surface area (Å²) in [5, 5.41) is 4.15. The first kappa shape index (κ1) is 13.8. The summed E-state index contributed by atoms with van der Waals surface area (Å²) in [5.74, 6) is 1.91. The molecule has 0 fully saturated rings. The molecule has 1 aliphatic rings. The molecule has 2 heterocycles. The number of anilines is 1. The third-order valence-electron chi connectivity index (χ3n) is 2.84. The average Bonchev–Trinajstić information content (AvgIpc) is 2.84. The molecule has 1 N–H and O–H groups in total. The lowest BCUT2D eigenvalue weighted by atomic mass is 10.2. The van der Waals surface area contributed by atoms with Crippen molar-refractivity contribution in [2.45, 2.75) is 13.8 Å². The van der Waals surface area contributed by atoms with Gasteiger partial charge in [0.05, 0.1) is 6.21 Å². The lowest BCUT2D eigenvalue weighted by Crippen LogP contribution is -1.99. The highest BCUT2D eigenvalue weighted by atomic mass is 79.9. The van der Waals surface area contributed by atoms with Crippen molar-refractivity contribution in [3.05, 3.63) is 39.6 Å². The van der Waals surface area contributed by atoms with Crippen LogP contribution in [0.15, 0.2) is 27.8 Å². The number of halogens is 1. The van der Waals surface area contributed by atoms with Gasteiger partial charge in [-0.15, -0.1) is 0 Å². The molecule has 21 heavy (non-hydrogen) atoms. The van der Waals surface area contributed by atoms with Crippen molar-refractivity contribution < 1.29 is 9.47 Å². The van der Waals surface area contributed by atoms with Crippen molar-refractivity contribution in [1.82, 2.24) is 9.97 Å². The first-order valence-corrected chi connectivity index (χ1v) is 7.11. The van der Waals surface area contributed by atoms with Crippen LogP contribution in [0.4, 0.5) is 5.95 Å². The van der Waals surface area contributed by atoms with Gasteiger partial charge in [0.25, 0.3) is 0 Å². The maximum absolute atomic E-state index is 5.34. The van der Waals surface area contributed by atoms with Gasteiger partial charge in [0.15, 0.2) is 11.5 Å². The Morgan fingerprint density at radius 3 is 2.52 bits per heavy atom. The molecule has 2 aromatic rings. The molecule has 0 spiro atoms. The number of ether oxygens (including phenoxy) is 2. The highest BCUT2D eigenvalue weighted by Gasteiger charge is 2.15. The predicted octanol–water partition coefficient (Wildman–Crippen LogP) is 3.03. The summed E-state index contributed by atoms with van der Waals surface area (Å²) in [6.07, 6.45) is 1.67. The summed E-state index contributed by atoms with van der Waals surface area (Å²) in [6.45, 7) is 4.08. The van der Waals surface area contributed by atoms with Crippen LogP contribution in [-0.2, 0) is 0 Å². The molecular formula is C14H13BrN4O2. The van der Waals surface area contributed by atoms with Crippen LogP contribution < -0.4 is 14.9 Å². The molecule has 3 rings (SSSR count). The summed E-state index contributed by atoms with van der Waals surface area (Å²) < 4.78 is 11.5. The van der Waals surface area contributed by atoms with Gasteiger partial charge in [-0.05, 0) is 48.0 Å². The van der Waals surface area contributed by atoms with Crippen molar-refractivity contribution in [3.8, 4) is 11.5 Å². The van der Waals surface area contributed by atoms with E-state index in [4.69, 9.17) is 9.47 Å². The van der Waals surface area contributed by atoms with Gasteiger partial charge in [-0.1, -0.05) is 0 Å². The SMILES string of the molecule is Cc1cc(C)nc(NN=Cc2cc3c(cc2Br)OCO3)n1. The molecule has 0 bridgehead atoms. The maximum Gasteiger partial charge on any atom is 0.243 e. The number of hydrogen-bond donors (Lipinski definition) is 1. The fourth-order valence-corrected chi connectivity index (χ4v) is 2.39. The summed E-state index contributed by atoms with van der Waals surface area (Å²) in [4.78, 5) is 8.51. The molecule has 108 valence electrons. The smallest absolute Gasteiger partial charge is 0.243 e. The number of fused-ring (bicyclic) bond motifs is 1. The summed E-state index contributed by atoms with van der Waals surface area (Å²) in [5.41, 5.74) is 5.48. The van der Waals surface area contributed by atoms with Crippen LogP contribution in [0.3, 0.4) is 0 Å². The molecule has 6 nitrogen and oxygen atoms in total. The van der Waals surface area contributed by atoms with Crippen LogP contribution in [0.25, 0.3) is 0 Å². The Morgan fingerprint density at radius 1 is 1.14 bits per heavy atom. The van der Waals surface area contributed by atoms with Crippen LogP contribution in [0.2, 0.25) is 0 Å². The lowest BCUT2D eigenvalue weighted by Gasteiger charge is -2.03. The maximum atomic E-state index is 5.34. The Labute approximate surface area is 130 Å². The minimum absolute atomic E-state index is 0.247. The summed E-state index contributed by atoms with van der Waals surface area (Å²) in [6, 6.07) is 5.63. The monoisotopic (exact) mass is 348 g/mol. The van der Waals surface area contributed by atoms with Gasteiger partial charge in [0.2, 0.25) is 12.7 Å². The number of nitrogens with one attached hydrogen (secondary N) is 1. The molecule has 0 amide bonds. The van der Waals surface area contributed by atoms with Gasteiger partial charge < -0.3 is 9.47 Å². The van der Waals surface area contributed by atoms with E-state index in [2.05, 4.69) is 36.4 Å². The molecule has 0 saturated carbocycles. The van der Waals surface area contributed by atoms with E-state index in [1.54, 1.807) is 6.21 Å². The first-order valence-electron chi connectivity index (χ1n) is 6.32. The van der Waals surface area contributed by atoms with E-state index in [9.17, 15) is 0 Å². The Hall–Kier alpha value is -2.15. The minimum Gasteiger partial charge on any atom is -0.454 e. The van der Waals surface area contributed by atoms with E-state index in [1.807, 2.05) is 32.0 Å². The van der Waals surface area contributed by atoms with E-state index in [-0.39, 0.29) is 6.79 Å². The van der Waals surface area contributed by atoms with Crippen molar-refractivity contribution in [3.63, 3.8) is 0 Å². The van der Waals surface area contributed by atoms with Gasteiger partial charge in [0.1, 0.15) is 0 Å². The van der Waals surface area contributed by atoms with Crippen LogP contribution in [0.1, 0.15) is 17.0 Å². The second-order valence-electron chi connectivity index (χ2n) is 4.57. The third kappa shape index (κ3) is 3.13. The molecule has 1 aromatic heterocycles. The van der Waals surface area contributed by atoms with Crippen molar-refractivity contribution in [1.29, 1.82) is 0 Å². The summed E-state index contributed by atoms with van der Waals surface area (Å²) in [7, 11) is 0. The highest BCUT2D eigenvalue weighted by Crippen LogP contribution is 2.36. The van der Waals surface area contributed by atoms with Crippen LogP contribution in [0, 0.1) is 13.8 Å². The van der Waals surface area contributed by atoms with E-state index in [0.29, 0.717) is 11.7 Å². The number of hydrazone groups is 1. The standard InChI is InChI=1S/C14H13BrN4O2/c1-8-3-9(2)18-14(17-8)19-16-6-10-4-12-13(5-11(10)15)21-7-20-12/h3-6H,7H2,1-2H3,(H,17,18,19). The third-order valence-corrected chi connectivity index (χ3v) is 3.53. The Bertz CT molecular complexity index is 698. The van der Waals surface area contributed by atoms with Gasteiger partial charge in [-0.25, -0.2) is 15.4 Å². The molecule has 0 aliphatic carbocycles. The zero-order valence-electron chi connectivity index (χ0n) is 11.6. The normalized spacial score (nSPS) is 12.9. The number of benzene rings is 1. The highest BCUT2D eigenvalue weighted by molar-refractivity contribution is 9.10. The Kier molecular flexibility index (Phi) is 3.74. The molecular weight excluding hydrogens is 336 g/mol. The number of nitrogens with zero attached hydrogens (tertiary/aromatic N) is 3. The number of hydrogen-bond acceptors (Lipinski definition) is 6. The fraction of sp³-hybridized carbons (Fsp3) is 0.214. The molecule has 7 heteroatoms. The Balaban J connectivity index is 1.77. The van der Waals surface area contributed by atoms with E-state index in [0.717, 1.165) is 27.2 Å². The summed E-state index contributed by atoms with van der Waals surface area (Å²) >= 11 is 3.47. The second kappa shape index (κ2) is 5.69. The predicted molar refractivity (Wildman–Crippen MR) is 83.0 cm³/mol. The van der Waals surface area contributed by atoms with Crippen LogP contribution in [0.5, 0.6) is 11.5 Å². The average molecular weight is 349 g/mol. The van der Waals surface area contributed by atoms with E-state index in [1.165, 1.54) is 0 Å². The van der Waals surface area contributed by atoms with E-state index >= 15 is 0 Å². The second-order valence-corrected chi connectivity index (χ2v) is 5.43. The Morgan fingerprint density at radius 2 is 1.81 bits per heavy atom. The first-order chi connectivity index (χ1) is 10.1. The van der Waals surface area contributed by atoms with Gasteiger partial charge in [-0.2, -0.15) is 5.10 Å². The van der Waals surface area contributed by atoms with Gasteiger partial charge in [-0.3, -0.25) is 0 Å². The topological polar surface area (TPSA) is 68.6 Å². The minimum atomic E-state index is 0.247. The van der Waals surface area contributed by atoms with Crippen LogP contribution in [-0.4, -0.2) is 23.0 Å². The fourth-order valence-electron chi connectivity index (χ4n) is 1.97. The molecule has 0 radical (unpaired) electrons. The quantitative estimate of drug-likeness (QED) is 0.681. The van der Waals surface area contributed by atoms with Crippen molar-refractivity contribution >= 4 is 28.1 Å². The van der Waals surface area contributed by atoms with Crippen LogP contribution >= 0.6 is 15.9 Å². The van der Waals surface area contributed by atoms with Gasteiger partial charge in [0, 0.05) is 21.4 Å². The molecule has 0 unspecified atom stereocenters. The van der Waals surface area contributed by atoms with Gasteiger partial charge >= 0.3 is 0 Å². The lowest BCUT2D eigenvalue weighted by molar-refractivity contribution is 0.174. The number of aromatic nitrogens is 2. The largest absolute Gasteiger partial charge is 0.454 e. The number of aryl methyl sites for hydroxylation is 2.